The van der Waals surface area contributed by atoms with Gasteiger partial charge in [0.05, 0.1) is 19.0 Å². The maximum atomic E-state index is 12.7. The van der Waals surface area contributed by atoms with Crippen molar-refractivity contribution in [3.63, 3.8) is 0 Å². The van der Waals surface area contributed by atoms with Crippen molar-refractivity contribution in [3.05, 3.63) is 30.0 Å². The van der Waals surface area contributed by atoms with E-state index >= 15 is 0 Å². The quantitative estimate of drug-likeness (QED) is 0.835. The Morgan fingerprint density at radius 2 is 2.10 bits per heavy atom. The first-order valence-corrected chi connectivity index (χ1v) is 6.68. The summed E-state index contributed by atoms with van der Waals surface area (Å²) in [6.45, 7) is 0. The number of rotatable bonds is 2. The van der Waals surface area contributed by atoms with Crippen molar-refractivity contribution in [1.82, 2.24) is 4.57 Å². The molecule has 0 amide bonds. The molecule has 0 bridgehead atoms. The van der Waals surface area contributed by atoms with E-state index in [1.807, 2.05) is 0 Å². The third-order valence-corrected chi connectivity index (χ3v) is 3.89. The van der Waals surface area contributed by atoms with E-state index in [4.69, 9.17) is 4.74 Å². The molecule has 0 fully saturated rings. The zero-order valence-electron chi connectivity index (χ0n) is 11.4. The normalized spacial score (nSPS) is 18.9. The van der Waals surface area contributed by atoms with Gasteiger partial charge in [0, 0.05) is 23.4 Å². The van der Waals surface area contributed by atoms with Crippen molar-refractivity contribution in [2.45, 2.75) is 31.4 Å². The van der Waals surface area contributed by atoms with Gasteiger partial charge in [0.1, 0.15) is 5.75 Å². The first-order valence-electron chi connectivity index (χ1n) is 6.68. The average Bonchev–Trinajstić information content (AvgIpc) is 2.80. The van der Waals surface area contributed by atoms with E-state index in [2.05, 4.69) is 0 Å². The molecule has 1 unspecified atom stereocenters. The molecule has 112 valence electrons. The monoisotopic (exact) mass is 297 g/mol. The molecule has 0 radical (unpaired) electrons. The summed E-state index contributed by atoms with van der Waals surface area (Å²) < 4.78 is 44.6. The van der Waals surface area contributed by atoms with Gasteiger partial charge in [-0.05, 0) is 30.7 Å². The Morgan fingerprint density at radius 3 is 2.76 bits per heavy atom. The Bertz CT molecular complexity index is 703. The van der Waals surface area contributed by atoms with Crippen molar-refractivity contribution < 1.29 is 22.7 Å². The van der Waals surface area contributed by atoms with Gasteiger partial charge < -0.3 is 4.74 Å². The molecule has 0 aliphatic carbocycles. The first-order chi connectivity index (χ1) is 9.89. The Balaban J connectivity index is 2.12. The van der Waals surface area contributed by atoms with E-state index in [0.29, 0.717) is 17.0 Å². The zero-order valence-corrected chi connectivity index (χ0v) is 11.4. The molecule has 3 nitrogen and oxygen atoms in total. The topological polar surface area (TPSA) is 31.2 Å². The second-order valence-corrected chi connectivity index (χ2v) is 5.28. The highest BCUT2D eigenvalue weighted by molar-refractivity contribution is 5.95. The number of fused-ring (bicyclic) bond motifs is 3. The molecule has 21 heavy (non-hydrogen) atoms. The zero-order chi connectivity index (χ0) is 15.2. The molecule has 1 aromatic carbocycles. The molecule has 1 atom stereocenters. The fraction of sp³-hybridized carbons (Fsp3) is 0.400. The van der Waals surface area contributed by atoms with Gasteiger partial charge >= 0.3 is 6.18 Å². The molecule has 3 rings (SSSR count). The minimum absolute atomic E-state index is 0.142. The van der Waals surface area contributed by atoms with E-state index in [1.165, 1.54) is 11.7 Å². The summed E-state index contributed by atoms with van der Waals surface area (Å²) >= 11 is 0. The molecule has 1 aliphatic heterocycles. The van der Waals surface area contributed by atoms with Crippen LogP contribution in [0.4, 0.5) is 13.2 Å². The van der Waals surface area contributed by atoms with Crippen LogP contribution in [0.2, 0.25) is 0 Å². The van der Waals surface area contributed by atoms with Crippen LogP contribution in [0.3, 0.4) is 0 Å². The molecule has 0 N–H and O–H groups in total. The molecule has 6 heteroatoms. The minimum Gasteiger partial charge on any atom is -0.497 e. The van der Waals surface area contributed by atoms with E-state index in [9.17, 15) is 18.0 Å². The number of alkyl halides is 3. The molecular formula is C15H14F3NO2. The van der Waals surface area contributed by atoms with Crippen molar-refractivity contribution in [3.8, 4) is 5.75 Å². The Hall–Kier alpha value is -1.98. The van der Waals surface area contributed by atoms with Crippen molar-refractivity contribution in [2.75, 3.05) is 7.11 Å². The molecule has 0 saturated carbocycles. The van der Waals surface area contributed by atoms with Crippen LogP contribution >= 0.6 is 0 Å². The lowest BCUT2D eigenvalue weighted by atomic mass is 9.92. The van der Waals surface area contributed by atoms with Crippen LogP contribution < -0.4 is 4.74 Å². The molecule has 1 aliphatic rings. The number of hydrogen-bond donors (Lipinski definition) is 0. The second-order valence-electron chi connectivity index (χ2n) is 5.28. The number of halogens is 3. The van der Waals surface area contributed by atoms with E-state index in [-0.39, 0.29) is 18.7 Å². The van der Waals surface area contributed by atoms with Gasteiger partial charge in [-0.1, -0.05) is 0 Å². The number of ether oxygens (including phenoxy) is 1. The summed E-state index contributed by atoms with van der Waals surface area (Å²) in [4.78, 5) is 12.1. The van der Waals surface area contributed by atoms with Crippen molar-refractivity contribution in [1.29, 1.82) is 0 Å². The lowest BCUT2D eigenvalue weighted by Gasteiger charge is -2.25. The summed E-state index contributed by atoms with van der Waals surface area (Å²) in [6, 6.07) is 6.83. The van der Waals surface area contributed by atoms with Crippen molar-refractivity contribution in [2.24, 2.45) is 0 Å². The second kappa shape index (κ2) is 4.79. The lowest BCUT2D eigenvalue weighted by Crippen LogP contribution is -2.25. The standard InChI is InChI=1S/C15H14F3NO2/c1-21-11-3-4-12-10(6-11)7-13-9(8-15(16,17)18)2-5-14(20)19(12)13/h3-4,6-7,9H,2,5,8H2,1H3. The summed E-state index contributed by atoms with van der Waals surface area (Å²) in [5, 5.41) is 0.728. The number of benzene rings is 1. The molecule has 2 aromatic rings. The van der Waals surface area contributed by atoms with Crippen LogP contribution in [0.15, 0.2) is 24.3 Å². The predicted octanol–water partition coefficient (Wildman–Crippen LogP) is 4.12. The summed E-state index contributed by atoms with van der Waals surface area (Å²) in [6.07, 6.45) is -4.74. The highest BCUT2D eigenvalue weighted by Crippen LogP contribution is 2.40. The van der Waals surface area contributed by atoms with Gasteiger partial charge in [-0.15, -0.1) is 0 Å². The van der Waals surface area contributed by atoms with Crippen LogP contribution in [0.25, 0.3) is 10.9 Å². The smallest absolute Gasteiger partial charge is 0.389 e. The van der Waals surface area contributed by atoms with Gasteiger partial charge in [-0.2, -0.15) is 13.2 Å². The Labute approximate surface area is 119 Å². The van der Waals surface area contributed by atoms with Crippen LogP contribution in [0.5, 0.6) is 5.75 Å². The number of carbonyl (C=O) groups excluding carboxylic acids is 1. The summed E-state index contributed by atoms with van der Waals surface area (Å²) in [5.74, 6) is -0.199. The average molecular weight is 297 g/mol. The maximum absolute atomic E-state index is 12.7. The SMILES string of the molecule is COc1ccc2c(c1)cc1n2C(=O)CCC1CC(F)(F)F. The first kappa shape index (κ1) is 14.0. The Morgan fingerprint density at radius 1 is 1.33 bits per heavy atom. The third-order valence-electron chi connectivity index (χ3n) is 3.89. The predicted molar refractivity (Wildman–Crippen MR) is 71.8 cm³/mol. The van der Waals surface area contributed by atoms with Crippen LogP contribution in [0.1, 0.15) is 35.7 Å². The van der Waals surface area contributed by atoms with E-state index in [1.54, 1.807) is 24.3 Å². The van der Waals surface area contributed by atoms with Crippen LogP contribution in [0, 0.1) is 0 Å². The third kappa shape index (κ3) is 2.50. The molecular weight excluding hydrogens is 283 g/mol. The van der Waals surface area contributed by atoms with E-state index < -0.39 is 18.5 Å². The van der Waals surface area contributed by atoms with Crippen molar-refractivity contribution >= 4 is 16.8 Å². The number of nitrogens with zero attached hydrogens (tertiary/aromatic N) is 1. The van der Waals surface area contributed by atoms with E-state index in [0.717, 1.165) is 5.39 Å². The number of methoxy groups -OCH3 is 1. The minimum atomic E-state index is -4.23. The molecule has 2 heterocycles. The molecule has 0 spiro atoms. The van der Waals surface area contributed by atoms with Gasteiger partial charge in [0.2, 0.25) is 5.91 Å². The van der Waals surface area contributed by atoms with Crippen LogP contribution in [-0.4, -0.2) is 23.8 Å². The lowest BCUT2D eigenvalue weighted by molar-refractivity contribution is -0.139. The van der Waals surface area contributed by atoms with Crippen LogP contribution in [-0.2, 0) is 0 Å². The number of carbonyl (C=O) groups is 1. The molecule has 1 aromatic heterocycles. The van der Waals surface area contributed by atoms with Gasteiger partial charge in [-0.3, -0.25) is 9.36 Å². The molecule has 0 saturated heterocycles. The van der Waals surface area contributed by atoms with Gasteiger partial charge in [-0.25, -0.2) is 0 Å². The maximum Gasteiger partial charge on any atom is 0.389 e. The number of hydrogen-bond acceptors (Lipinski definition) is 2. The largest absolute Gasteiger partial charge is 0.497 e. The number of aromatic nitrogens is 1. The highest BCUT2D eigenvalue weighted by atomic mass is 19.4. The Kier molecular flexibility index (Phi) is 3.19. The fourth-order valence-corrected chi connectivity index (χ4v) is 2.96. The van der Waals surface area contributed by atoms with Gasteiger partial charge in [0.25, 0.3) is 0 Å². The van der Waals surface area contributed by atoms with Gasteiger partial charge in [0.15, 0.2) is 0 Å². The summed E-state index contributed by atoms with van der Waals surface area (Å²) in [7, 11) is 1.52. The summed E-state index contributed by atoms with van der Waals surface area (Å²) in [5.41, 5.74) is 1.09. The highest BCUT2D eigenvalue weighted by Gasteiger charge is 2.37. The fourth-order valence-electron chi connectivity index (χ4n) is 2.96.